The van der Waals surface area contributed by atoms with Crippen molar-refractivity contribution in [3.05, 3.63) is 29.3 Å². The maximum absolute atomic E-state index is 5.80. The van der Waals surface area contributed by atoms with Crippen LogP contribution in [0.15, 0.2) is 29.2 Å². The average Bonchev–Trinajstić information content (AvgIpc) is 2.45. The van der Waals surface area contributed by atoms with E-state index in [1.54, 1.807) is 18.5 Å². The molecule has 0 saturated carbocycles. The molecule has 1 fully saturated rings. The van der Waals surface area contributed by atoms with Gasteiger partial charge in [-0.2, -0.15) is 0 Å². The maximum Gasteiger partial charge on any atom is 0.228 e. The zero-order valence-corrected chi connectivity index (χ0v) is 12.2. The van der Waals surface area contributed by atoms with Gasteiger partial charge in [0.1, 0.15) is 5.15 Å². The lowest BCUT2D eigenvalue weighted by atomic mass is 10.1. The van der Waals surface area contributed by atoms with Crippen molar-refractivity contribution in [2.24, 2.45) is 10.7 Å². The van der Waals surface area contributed by atoms with Crippen LogP contribution in [0, 0.1) is 0 Å². The Labute approximate surface area is 123 Å². The van der Waals surface area contributed by atoms with E-state index in [-0.39, 0.29) is 0 Å². The fourth-order valence-electron chi connectivity index (χ4n) is 1.97. The molecule has 0 unspecified atom stereocenters. The number of likely N-dealkylation sites (tertiary alicyclic amines) is 1. The van der Waals surface area contributed by atoms with E-state index in [1.165, 1.54) is 6.20 Å². The molecular weight excluding hydrogens is 276 g/mol. The number of aromatic nitrogens is 2. The van der Waals surface area contributed by atoms with Crippen LogP contribution in [0.3, 0.4) is 0 Å². The van der Waals surface area contributed by atoms with Gasteiger partial charge in [0, 0.05) is 18.6 Å². The minimum Gasteiger partial charge on any atom is -0.403 e. The predicted octanol–water partition coefficient (Wildman–Crippen LogP) is 1.51. The summed E-state index contributed by atoms with van der Waals surface area (Å²) in [7, 11) is 2.13. The van der Waals surface area contributed by atoms with Crippen molar-refractivity contribution in [1.82, 2.24) is 14.9 Å². The smallest absolute Gasteiger partial charge is 0.228 e. The van der Waals surface area contributed by atoms with Crippen molar-refractivity contribution < 1.29 is 0 Å². The normalized spacial score (nSPS) is 18.6. The zero-order valence-electron chi connectivity index (χ0n) is 11.5. The third-order valence-electron chi connectivity index (χ3n) is 3.17. The van der Waals surface area contributed by atoms with Crippen LogP contribution in [0.25, 0.3) is 0 Å². The summed E-state index contributed by atoms with van der Waals surface area (Å²) in [6.45, 7) is 2.16. The number of aliphatic imine (C=N–C) groups is 1. The van der Waals surface area contributed by atoms with Gasteiger partial charge in [0.05, 0.1) is 11.7 Å². The molecule has 1 aliphatic rings. The van der Waals surface area contributed by atoms with Crippen molar-refractivity contribution in [3.63, 3.8) is 0 Å². The van der Waals surface area contributed by atoms with Crippen LogP contribution in [0.1, 0.15) is 12.8 Å². The Morgan fingerprint density at radius 1 is 1.55 bits per heavy atom. The van der Waals surface area contributed by atoms with Gasteiger partial charge in [0.2, 0.25) is 5.95 Å². The van der Waals surface area contributed by atoms with E-state index >= 15 is 0 Å². The van der Waals surface area contributed by atoms with E-state index in [1.807, 2.05) is 0 Å². The standard InChI is InChI=1S/C13H19ClN6/c1-20-6-3-10(4-7-20)17-9-11(8-15)18-13-16-5-2-12(14)19-13/h2,5,8-10H,3-4,6-7,15H2,1H3,(H,16,18,19)/b11-8+,17-9?. The molecule has 7 heteroatoms. The second kappa shape index (κ2) is 7.21. The molecule has 0 atom stereocenters. The third-order valence-corrected chi connectivity index (χ3v) is 3.38. The van der Waals surface area contributed by atoms with Crippen molar-refractivity contribution in [1.29, 1.82) is 0 Å². The van der Waals surface area contributed by atoms with E-state index < -0.39 is 0 Å². The molecule has 108 valence electrons. The summed E-state index contributed by atoms with van der Waals surface area (Å²) in [4.78, 5) is 15.0. The molecule has 1 saturated heterocycles. The number of nitrogens with zero attached hydrogens (tertiary/aromatic N) is 4. The summed E-state index contributed by atoms with van der Waals surface area (Å²) in [5, 5.41) is 3.37. The monoisotopic (exact) mass is 294 g/mol. The Hall–Kier alpha value is -1.66. The van der Waals surface area contributed by atoms with Gasteiger partial charge in [-0.3, -0.25) is 4.99 Å². The molecule has 1 aliphatic heterocycles. The molecule has 0 radical (unpaired) electrons. The summed E-state index contributed by atoms with van der Waals surface area (Å²) in [6.07, 6.45) is 6.90. The molecule has 2 heterocycles. The van der Waals surface area contributed by atoms with Crippen molar-refractivity contribution in [2.45, 2.75) is 18.9 Å². The molecule has 1 aromatic rings. The summed E-state index contributed by atoms with van der Waals surface area (Å²) in [5.41, 5.74) is 6.24. The van der Waals surface area contributed by atoms with Crippen LogP contribution >= 0.6 is 11.6 Å². The van der Waals surface area contributed by atoms with Crippen molar-refractivity contribution in [2.75, 3.05) is 25.5 Å². The first kappa shape index (κ1) is 14.7. The number of anilines is 1. The van der Waals surface area contributed by atoms with Gasteiger partial charge < -0.3 is 16.0 Å². The van der Waals surface area contributed by atoms with E-state index in [0.717, 1.165) is 25.9 Å². The second-order valence-corrected chi connectivity index (χ2v) is 5.15. The molecule has 0 amide bonds. The van der Waals surface area contributed by atoms with Gasteiger partial charge >= 0.3 is 0 Å². The Kier molecular flexibility index (Phi) is 5.31. The van der Waals surface area contributed by atoms with E-state index in [4.69, 9.17) is 17.3 Å². The maximum atomic E-state index is 5.80. The van der Waals surface area contributed by atoms with E-state index in [0.29, 0.717) is 22.8 Å². The zero-order chi connectivity index (χ0) is 14.4. The lowest BCUT2D eigenvalue weighted by Gasteiger charge is -2.26. The highest BCUT2D eigenvalue weighted by atomic mass is 35.5. The molecule has 0 spiro atoms. The van der Waals surface area contributed by atoms with E-state index in [9.17, 15) is 0 Å². The highest BCUT2D eigenvalue weighted by Gasteiger charge is 2.14. The van der Waals surface area contributed by atoms with Gasteiger partial charge in [-0.1, -0.05) is 11.6 Å². The predicted molar refractivity (Wildman–Crippen MR) is 81.9 cm³/mol. The first-order valence-electron chi connectivity index (χ1n) is 6.56. The topological polar surface area (TPSA) is 79.4 Å². The van der Waals surface area contributed by atoms with E-state index in [2.05, 4.69) is 32.2 Å². The van der Waals surface area contributed by atoms with Gasteiger partial charge in [-0.15, -0.1) is 0 Å². The fraction of sp³-hybridized carbons (Fsp3) is 0.462. The molecule has 2 rings (SSSR count). The number of allylic oxidation sites excluding steroid dienone is 1. The number of halogens is 1. The van der Waals surface area contributed by atoms with Crippen LogP contribution in [0.2, 0.25) is 5.15 Å². The quantitative estimate of drug-likeness (QED) is 0.650. The summed E-state index contributed by atoms with van der Waals surface area (Å²) in [5.74, 6) is 0.407. The third kappa shape index (κ3) is 4.47. The summed E-state index contributed by atoms with van der Waals surface area (Å²) in [6, 6.07) is 1.97. The number of nitrogens with two attached hydrogens (primary N) is 1. The Morgan fingerprint density at radius 2 is 2.30 bits per heavy atom. The molecule has 0 aromatic carbocycles. The first-order valence-corrected chi connectivity index (χ1v) is 6.94. The fourth-order valence-corrected chi connectivity index (χ4v) is 2.11. The Bertz CT molecular complexity index is 493. The van der Waals surface area contributed by atoms with Crippen molar-refractivity contribution in [3.8, 4) is 0 Å². The number of nitrogens with one attached hydrogen (secondary N) is 1. The first-order chi connectivity index (χ1) is 9.67. The number of hydrogen-bond acceptors (Lipinski definition) is 6. The number of rotatable bonds is 4. The molecular formula is C13H19ClN6. The Balaban J connectivity index is 1.92. The Morgan fingerprint density at radius 3 is 2.95 bits per heavy atom. The average molecular weight is 295 g/mol. The lowest BCUT2D eigenvalue weighted by molar-refractivity contribution is 0.257. The highest BCUT2D eigenvalue weighted by molar-refractivity contribution is 6.29. The van der Waals surface area contributed by atoms with Crippen molar-refractivity contribution >= 4 is 23.8 Å². The largest absolute Gasteiger partial charge is 0.403 e. The molecule has 3 N–H and O–H groups in total. The SMILES string of the molecule is CN1CCC(N=C/C(=C\N)Nc2nccc(Cl)n2)CC1. The molecule has 0 bridgehead atoms. The minimum absolute atomic E-state index is 0.350. The van der Waals surface area contributed by atoms with Crippen LogP contribution < -0.4 is 11.1 Å². The summed E-state index contributed by atoms with van der Waals surface area (Å²) < 4.78 is 0. The second-order valence-electron chi connectivity index (χ2n) is 4.76. The lowest BCUT2D eigenvalue weighted by Crippen LogP contribution is -2.32. The van der Waals surface area contributed by atoms with Gasteiger partial charge in [0.15, 0.2) is 0 Å². The molecule has 20 heavy (non-hydrogen) atoms. The van der Waals surface area contributed by atoms with Crippen LogP contribution in [0.5, 0.6) is 0 Å². The molecule has 1 aromatic heterocycles. The van der Waals surface area contributed by atoms with Crippen LogP contribution in [-0.2, 0) is 0 Å². The van der Waals surface area contributed by atoms with Gasteiger partial charge in [-0.25, -0.2) is 9.97 Å². The molecule has 0 aliphatic carbocycles. The summed E-state index contributed by atoms with van der Waals surface area (Å²) >= 11 is 5.80. The number of hydrogen-bond donors (Lipinski definition) is 2. The minimum atomic E-state index is 0.350. The van der Waals surface area contributed by atoms with Gasteiger partial charge in [0.25, 0.3) is 0 Å². The van der Waals surface area contributed by atoms with Crippen LogP contribution in [0.4, 0.5) is 5.95 Å². The van der Waals surface area contributed by atoms with Gasteiger partial charge in [-0.05, 0) is 39.0 Å². The number of piperidine rings is 1. The highest BCUT2D eigenvalue weighted by Crippen LogP contribution is 2.12. The molecule has 6 nitrogen and oxygen atoms in total. The van der Waals surface area contributed by atoms with Crippen LogP contribution in [-0.4, -0.2) is 47.3 Å².